The molecule has 39 heavy (non-hydrogen) atoms. The molecule has 2 aromatic carbocycles. The maximum Gasteiger partial charge on any atom is 0.190 e. The van der Waals surface area contributed by atoms with Crippen molar-refractivity contribution < 1.29 is 19.2 Å². The predicted molar refractivity (Wildman–Crippen MR) is 154 cm³/mol. The highest BCUT2D eigenvalue weighted by Gasteiger charge is 2.29. The van der Waals surface area contributed by atoms with Crippen LogP contribution in [0.1, 0.15) is 59.6 Å². The van der Waals surface area contributed by atoms with Crippen molar-refractivity contribution in [2.45, 2.75) is 51.3 Å². The Balaban J connectivity index is 1.41. The fourth-order valence-corrected chi connectivity index (χ4v) is 5.38. The number of aliphatic imine (C=N–C) groups is 1. The van der Waals surface area contributed by atoms with Crippen LogP contribution < -0.4 is 4.74 Å². The van der Waals surface area contributed by atoms with Crippen molar-refractivity contribution in [1.29, 1.82) is 0 Å². The van der Waals surface area contributed by atoms with Gasteiger partial charge in [0.1, 0.15) is 29.9 Å². The minimum absolute atomic E-state index is 0.0893. The third kappa shape index (κ3) is 5.66. The van der Waals surface area contributed by atoms with E-state index in [2.05, 4.69) is 14.7 Å². The summed E-state index contributed by atoms with van der Waals surface area (Å²) in [5.74, 6) is 1.21. The first-order chi connectivity index (χ1) is 18.7. The molecule has 9 heteroatoms. The van der Waals surface area contributed by atoms with Crippen LogP contribution in [-0.4, -0.2) is 44.9 Å². The number of dihydropyridines is 1. The number of allylic oxidation sites excluding steroid dienone is 1. The molecule has 0 amide bonds. The number of hydrogen-bond donors (Lipinski definition) is 1. The fourth-order valence-electron chi connectivity index (χ4n) is 4.73. The number of carbonyl (C=O) groups is 1. The van der Waals surface area contributed by atoms with Gasteiger partial charge < -0.3 is 18.9 Å². The normalized spacial score (nSPS) is 16.3. The van der Waals surface area contributed by atoms with Crippen LogP contribution in [0.15, 0.2) is 69.3 Å². The van der Waals surface area contributed by atoms with Crippen LogP contribution in [0.2, 0.25) is 0 Å². The molecule has 1 N–H and O–H groups in total. The van der Waals surface area contributed by atoms with Gasteiger partial charge in [-0.25, -0.2) is 0 Å². The lowest BCUT2D eigenvalue weighted by Crippen LogP contribution is -2.16. The van der Waals surface area contributed by atoms with Crippen molar-refractivity contribution in [3.63, 3.8) is 0 Å². The second-order valence-corrected chi connectivity index (χ2v) is 10.9. The molecule has 1 aliphatic rings. The molecule has 0 aliphatic carbocycles. The molecular formula is C30H29Cl2N3O4. The minimum atomic E-state index is -1.04. The Morgan fingerprint density at radius 1 is 1.21 bits per heavy atom. The molecule has 0 saturated heterocycles. The van der Waals surface area contributed by atoms with Gasteiger partial charge >= 0.3 is 0 Å². The number of fused-ring (bicyclic) bond motifs is 1. The summed E-state index contributed by atoms with van der Waals surface area (Å²) < 4.78 is 14.1. The lowest BCUT2D eigenvalue weighted by molar-refractivity contribution is 0.0779. The monoisotopic (exact) mass is 565 g/mol. The van der Waals surface area contributed by atoms with E-state index in [0.717, 1.165) is 27.8 Å². The molecule has 3 heterocycles. The number of aliphatic hydroxyl groups excluding tert-OH is 1. The maximum atomic E-state index is 12.2. The van der Waals surface area contributed by atoms with Gasteiger partial charge in [-0.05, 0) is 42.1 Å². The molecule has 0 spiro atoms. The average Bonchev–Trinajstić information content (AvgIpc) is 3.51. The quantitative estimate of drug-likeness (QED) is 0.183. The van der Waals surface area contributed by atoms with Gasteiger partial charge in [-0.15, -0.1) is 11.6 Å². The van der Waals surface area contributed by atoms with Crippen molar-refractivity contribution in [2.75, 3.05) is 6.54 Å². The number of aliphatic hydroxyl groups is 1. The Morgan fingerprint density at radius 2 is 2.03 bits per heavy atom. The van der Waals surface area contributed by atoms with Gasteiger partial charge in [0, 0.05) is 42.1 Å². The fraction of sp³-hybridized carbons (Fsp3) is 0.300. The highest BCUT2D eigenvalue weighted by molar-refractivity contribution is 6.45. The minimum Gasteiger partial charge on any atom is -0.489 e. The lowest BCUT2D eigenvalue weighted by Gasteiger charge is -2.17. The van der Waals surface area contributed by atoms with Crippen molar-refractivity contribution in [3.8, 4) is 5.75 Å². The van der Waals surface area contributed by atoms with Crippen LogP contribution in [-0.2, 0) is 13.2 Å². The number of Topliss-reactive ketones (excluding diaryl/α,β-unsaturated/α-hetero) is 1. The van der Waals surface area contributed by atoms with E-state index in [4.69, 9.17) is 32.5 Å². The zero-order valence-corrected chi connectivity index (χ0v) is 23.4. The third-order valence-electron chi connectivity index (χ3n) is 6.71. The third-order valence-corrected chi connectivity index (χ3v) is 7.37. The van der Waals surface area contributed by atoms with E-state index in [-0.39, 0.29) is 18.3 Å². The molecule has 7 nitrogen and oxygen atoms in total. The first-order valence-electron chi connectivity index (χ1n) is 12.8. The van der Waals surface area contributed by atoms with Crippen LogP contribution in [0.5, 0.6) is 5.75 Å². The molecule has 0 bridgehead atoms. The topological polar surface area (TPSA) is 89.8 Å². The van der Waals surface area contributed by atoms with Crippen molar-refractivity contribution in [1.82, 2.24) is 9.72 Å². The number of benzene rings is 2. The summed E-state index contributed by atoms with van der Waals surface area (Å²) in [6, 6.07) is 15.3. The van der Waals surface area contributed by atoms with Gasteiger partial charge in [-0.3, -0.25) is 9.79 Å². The number of rotatable bonds is 9. The van der Waals surface area contributed by atoms with Gasteiger partial charge in [0.2, 0.25) is 0 Å². The molecule has 2 unspecified atom stereocenters. The summed E-state index contributed by atoms with van der Waals surface area (Å²) in [6.45, 7) is 6.76. The second kappa shape index (κ2) is 11.4. The number of ketones is 1. The summed E-state index contributed by atoms with van der Waals surface area (Å²) >= 11 is 13.0. The van der Waals surface area contributed by atoms with Gasteiger partial charge in [0.15, 0.2) is 5.78 Å². The summed E-state index contributed by atoms with van der Waals surface area (Å²) in [6.07, 6.45) is 2.57. The Bertz CT molecular complexity index is 1580. The first-order valence-corrected chi connectivity index (χ1v) is 13.6. The molecule has 2 atom stereocenters. The average molecular weight is 566 g/mol. The molecule has 2 aromatic heterocycles. The number of aromatic nitrogens is 2. The number of ether oxygens (including phenoxy) is 1. The van der Waals surface area contributed by atoms with Crippen molar-refractivity contribution in [2.24, 2.45) is 4.99 Å². The van der Waals surface area contributed by atoms with E-state index >= 15 is 0 Å². The van der Waals surface area contributed by atoms with Crippen LogP contribution in [0.3, 0.4) is 0 Å². The van der Waals surface area contributed by atoms with Gasteiger partial charge in [-0.1, -0.05) is 48.8 Å². The molecule has 1 aliphatic heterocycles. The number of hydrogen-bond acceptors (Lipinski definition) is 6. The summed E-state index contributed by atoms with van der Waals surface area (Å²) in [7, 11) is 0. The van der Waals surface area contributed by atoms with Crippen molar-refractivity contribution >= 4 is 51.7 Å². The van der Waals surface area contributed by atoms with E-state index in [1.54, 1.807) is 12.3 Å². The highest BCUT2D eigenvalue weighted by Crippen LogP contribution is 2.36. The lowest BCUT2D eigenvalue weighted by atomic mass is 9.98. The highest BCUT2D eigenvalue weighted by atomic mass is 35.5. The Morgan fingerprint density at radius 3 is 2.77 bits per heavy atom. The van der Waals surface area contributed by atoms with E-state index < -0.39 is 11.5 Å². The predicted octanol–water partition coefficient (Wildman–Crippen LogP) is 6.59. The molecule has 0 radical (unpaired) electrons. The van der Waals surface area contributed by atoms with Crippen molar-refractivity contribution in [3.05, 3.63) is 87.9 Å². The summed E-state index contributed by atoms with van der Waals surface area (Å²) in [5, 5.41) is 15.1. The first kappa shape index (κ1) is 27.2. The second-order valence-electron chi connectivity index (χ2n) is 9.95. The summed E-state index contributed by atoms with van der Waals surface area (Å²) in [4.78, 5) is 16.4. The summed E-state index contributed by atoms with van der Waals surface area (Å²) in [5.41, 5.74) is 4.55. The number of nitrogens with zero attached hydrogens (tertiary/aromatic N) is 3. The number of alkyl halides is 1. The van der Waals surface area contributed by atoms with Gasteiger partial charge in [-0.2, -0.15) is 0 Å². The van der Waals surface area contributed by atoms with Crippen LogP contribution in [0, 0.1) is 0 Å². The Labute approximate surface area is 236 Å². The molecule has 5 rings (SSSR count). The van der Waals surface area contributed by atoms with Crippen LogP contribution in [0.4, 0.5) is 0 Å². The van der Waals surface area contributed by atoms with E-state index in [1.165, 1.54) is 6.92 Å². The Kier molecular flexibility index (Phi) is 7.93. The SMILES string of the molecule is CC(O)C(=O)c1cccc(Cn2ccc3ccc(OCc4c(C5=C(Cl)C=NCC5Cl)noc4C(C)C)cc32)c1. The maximum absolute atomic E-state index is 12.2. The van der Waals surface area contributed by atoms with Crippen LogP contribution in [0.25, 0.3) is 16.5 Å². The standard InChI is InChI=1S/C30H29Cl2N3O4/c1-17(2)30-23(28(34-39-30)27-24(31)13-33-14-25(27)32)16-38-22-8-7-20-9-10-35(26(20)12-22)15-19-5-4-6-21(11-19)29(37)18(3)36/h4-13,17-18,25,36H,14-16H2,1-3H3. The Hall–Kier alpha value is -3.39. The number of halogens is 2. The molecule has 4 aromatic rings. The zero-order valence-electron chi connectivity index (χ0n) is 21.9. The van der Waals surface area contributed by atoms with Gasteiger partial charge in [0.25, 0.3) is 0 Å². The van der Waals surface area contributed by atoms with E-state index in [1.807, 2.05) is 62.5 Å². The van der Waals surface area contributed by atoms with E-state index in [9.17, 15) is 9.90 Å². The van der Waals surface area contributed by atoms with E-state index in [0.29, 0.717) is 40.7 Å². The molecule has 202 valence electrons. The molecule has 0 saturated carbocycles. The largest absolute Gasteiger partial charge is 0.489 e. The zero-order chi connectivity index (χ0) is 27.7. The van der Waals surface area contributed by atoms with Crippen LogP contribution >= 0.6 is 23.2 Å². The number of carbonyl (C=O) groups excluding carboxylic acids is 1. The molecule has 0 fully saturated rings. The molecular weight excluding hydrogens is 537 g/mol. The smallest absolute Gasteiger partial charge is 0.190 e. The van der Waals surface area contributed by atoms with Gasteiger partial charge in [0.05, 0.1) is 28.0 Å².